The smallest absolute Gasteiger partial charge is 0.321 e. The summed E-state index contributed by atoms with van der Waals surface area (Å²) in [5, 5.41) is 7.12. The van der Waals surface area contributed by atoms with Crippen molar-refractivity contribution >= 4 is 23.1 Å². The Morgan fingerprint density at radius 1 is 1.03 bits per heavy atom. The minimum Gasteiger partial charge on any atom is -0.378 e. The molecule has 0 radical (unpaired) electrons. The molecule has 0 bridgehead atoms. The Kier molecular flexibility index (Phi) is 5.95. The Morgan fingerprint density at radius 2 is 1.82 bits per heavy atom. The Morgan fingerprint density at radius 3 is 2.58 bits per heavy atom. The van der Waals surface area contributed by atoms with E-state index in [1.807, 2.05) is 23.2 Å². The monoisotopic (exact) mass is 451 g/mol. The molecule has 0 saturated carbocycles. The van der Waals surface area contributed by atoms with Gasteiger partial charge in [-0.25, -0.2) is 13.7 Å². The van der Waals surface area contributed by atoms with E-state index >= 15 is 0 Å². The highest BCUT2D eigenvalue weighted by Gasteiger charge is 2.26. The molecule has 2 fully saturated rings. The van der Waals surface area contributed by atoms with Gasteiger partial charge in [0.05, 0.1) is 30.5 Å². The molecule has 33 heavy (non-hydrogen) atoms. The molecular weight excluding hydrogens is 425 g/mol. The molecule has 2 aliphatic rings. The first kappa shape index (κ1) is 21.4. The van der Waals surface area contributed by atoms with Gasteiger partial charge in [-0.05, 0) is 54.7 Å². The number of nitrogens with one attached hydrogen (secondary N) is 1. The molecule has 0 aliphatic carbocycles. The zero-order valence-corrected chi connectivity index (χ0v) is 18.2. The predicted octanol–water partition coefficient (Wildman–Crippen LogP) is 3.36. The number of nitrogens with zero attached hydrogens (tertiary/aromatic N) is 4. The fraction of sp³-hybridized carbons (Fsp3) is 0.375. The average Bonchev–Trinajstić information content (AvgIpc) is 3.27. The molecule has 3 aromatic rings. The third-order valence-corrected chi connectivity index (χ3v) is 6.40. The van der Waals surface area contributed by atoms with Crippen LogP contribution in [-0.4, -0.2) is 70.7 Å². The summed E-state index contributed by atoms with van der Waals surface area (Å²) in [4.78, 5) is 29.1. The van der Waals surface area contributed by atoms with Crippen molar-refractivity contribution in [1.29, 1.82) is 0 Å². The number of ether oxygens (including phenoxy) is 1. The van der Waals surface area contributed by atoms with E-state index in [4.69, 9.17) is 4.74 Å². The second-order valence-corrected chi connectivity index (χ2v) is 8.45. The van der Waals surface area contributed by atoms with Gasteiger partial charge in [0, 0.05) is 38.1 Å². The molecule has 9 heteroatoms. The molecule has 3 amide bonds. The lowest BCUT2D eigenvalue weighted by molar-refractivity contribution is 0.0304. The summed E-state index contributed by atoms with van der Waals surface area (Å²) in [6.45, 7) is 3.51. The number of likely N-dealkylation sites (tertiary alicyclic amines) is 1. The van der Waals surface area contributed by atoms with E-state index in [2.05, 4.69) is 10.4 Å². The highest BCUT2D eigenvalue weighted by Crippen LogP contribution is 2.30. The number of hydrogen-bond donors (Lipinski definition) is 1. The number of hydrogen-bond acceptors (Lipinski definition) is 4. The summed E-state index contributed by atoms with van der Waals surface area (Å²) < 4.78 is 20.5. The van der Waals surface area contributed by atoms with Gasteiger partial charge in [-0.1, -0.05) is 6.07 Å². The Balaban J connectivity index is 1.25. The average molecular weight is 452 g/mol. The fourth-order valence-corrected chi connectivity index (χ4v) is 4.54. The Hall–Kier alpha value is -3.46. The van der Waals surface area contributed by atoms with Crippen LogP contribution < -0.4 is 5.32 Å². The molecule has 0 unspecified atom stereocenters. The number of piperidine rings is 1. The van der Waals surface area contributed by atoms with E-state index in [9.17, 15) is 14.0 Å². The molecule has 2 saturated heterocycles. The van der Waals surface area contributed by atoms with Crippen molar-refractivity contribution in [2.45, 2.75) is 18.8 Å². The number of halogens is 1. The van der Waals surface area contributed by atoms with Gasteiger partial charge in [-0.15, -0.1) is 0 Å². The number of carbonyl (C=O) groups is 2. The van der Waals surface area contributed by atoms with Crippen molar-refractivity contribution in [2.75, 3.05) is 44.7 Å². The number of pyridine rings is 1. The van der Waals surface area contributed by atoms with Crippen LogP contribution >= 0.6 is 0 Å². The summed E-state index contributed by atoms with van der Waals surface area (Å²) >= 11 is 0. The van der Waals surface area contributed by atoms with Crippen molar-refractivity contribution < 1.29 is 18.7 Å². The zero-order chi connectivity index (χ0) is 22.8. The van der Waals surface area contributed by atoms with Crippen molar-refractivity contribution in [2.24, 2.45) is 0 Å². The van der Waals surface area contributed by atoms with Gasteiger partial charge in [0.1, 0.15) is 5.82 Å². The maximum absolute atomic E-state index is 13.4. The van der Waals surface area contributed by atoms with Crippen LogP contribution in [0.15, 0.2) is 48.8 Å². The third-order valence-electron chi connectivity index (χ3n) is 6.40. The van der Waals surface area contributed by atoms with Gasteiger partial charge >= 0.3 is 6.03 Å². The van der Waals surface area contributed by atoms with Crippen LogP contribution in [0, 0.1) is 5.82 Å². The molecule has 0 spiro atoms. The minimum absolute atomic E-state index is 0.0192. The fourth-order valence-electron chi connectivity index (χ4n) is 4.54. The van der Waals surface area contributed by atoms with Gasteiger partial charge in [0.2, 0.25) is 0 Å². The zero-order valence-electron chi connectivity index (χ0n) is 18.2. The number of urea groups is 1. The Bertz CT molecular complexity index is 1170. The second-order valence-electron chi connectivity index (χ2n) is 8.45. The molecule has 1 N–H and O–H groups in total. The summed E-state index contributed by atoms with van der Waals surface area (Å²) in [6.07, 6.45) is 5.15. The van der Waals surface area contributed by atoms with E-state index in [1.54, 1.807) is 27.7 Å². The number of amides is 3. The van der Waals surface area contributed by atoms with Crippen LogP contribution in [0.4, 0.5) is 14.9 Å². The predicted molar refractivity (Wildman–Crippen MR) is 121 cm³/mol. The summed E-state index contributed by atoms with van der Waals surface area (Å²) in [6, 6.07) is 9.76. The number of anilines is 1. The highest BCUT2D eigenvalue weighted by molar-refractivity contribution is 6.00. The third kappa shape index (κ3) is 4.54. The number of aromatic nitrogens is 2. The van der Waals surface area contributed by atoms with Crippen LogP contribution in [0.25, 0.3) is 5.52 Å². The van der Waals surface area contributed by atoms with Crippen molar-refractivity contribution in [3.05, 3.63) is 65.7 Å². The van der Waals surface area contributed by atoms with Crippen LogP contribution in [0.3, 0.4) is 0 Å². The van der Waals surface area contributed by atoms with E-state index in [0.717, 1.165) is 23.9 Å². The standard InChI is InChI=1S/C24H26FN5O3/c25-19-2-1-3-20(15-19)27-24(32)29-7-4-17(5-8-29)18-6-9-30-22(14-18)21(16-26-30)23(31)28-10-12-33-13-11-28/h1-3,6,9,14-17H,4-5,7-8,10-13H2,(H,27,32). The maximum Gasteiger partial charge on any atom is 0.321 e. The topological polar surface area (TPSA) is 79.2 Å². The van der Waals surface area contributed by atoms with Crippen LogP contribution in [0.1, 0.15) is 34.7 Å². The number of fused-ring (bicyclic) bond motifs is 1. The molecule has 172 valence electrons. The van der Waals surface area contributed by atoms with Crippen molar-refractivity contribution in [3.8, 4) is 0 Å². The van der Waals surface area contributed by atoms with Crippen LogP contribution in [-0.2, 0) is 4.74 Å². The largest absolute Gasteiger partial charge is 0.378 e. The summed E-state index contributed by atoms with van der Waals surface area (Å²) in [5.41, 5.74) is 3.00. The first-order chi connectivity index (χ1) is 16.1. The van der Waals surface area contributed by atoms with Gasteiger partial charge in [0.25, 0.3) is 5.91 Å². The molecule has 1 aromatic carbocycles. The van der Waals surface area contributed by atoms with Crippen molar-refractivity contribution in [1.82, 2.24) is 19.4 Å². The Labute approximate surface area is 190 Å². The van der Waals surface area contributed by atoms with Gasteiger partial charge in [0.15, 0.2) is 0 Å². The van der Waals surface area contributed by atoms with Crippen LogP contribution in [0.5, 0.6) is 0 Å². The molecular formula is C24H26FN5O3. The van der Waals surface area contributed by atoms with E-state index < -0.39 is 0 Å². The SMILES string of the molecule is O=C(Nc1cccc(F)c1)N1CCC(c2ccn3ncc(C(=O)N4CCOCC4)c3c2)CC1. The molecule has 8 nitrogen and oxygen atoms in total. The lowest BCUT2D eigenvalue weighted by Crippen LogP contribution is -2.40. The molecule has 2 aliphatic heterocycles. The van der Waals surface area contributed by atoms with Gasteiger partial charge < -0.3 is 19.9 Å². The first-order valence-electron chi connectivity index (χ1n) is 11.2. The lowest BCUT2D eigenvalue weighted by Gasteiger charge is -2.32. The minimum atomic E-state index is -0.381. The first-order valence-corrected chi connectivity index (χ1v) is 11.2. The molecule has 0 atom stereocenters. The van der Waals surface area contributed by atoms with E-state index in [-0.39, 0.29) is 23.7 Å². The summed E-state index contributed by atoms with van der Waals surface area (Å²) in [5.74, 6) is -0.114. The lowest BCUT2D eigenvalue weighted by atomic mass is 9.89. The number of benzene rings is 1. The number of rotatable bonds is 3. The highest BCUT2D eigenvalue weighted by atomic mass is 19.1. The molecule has 4 heterocycles. The second kappa shape index (κ2) is 9.19. The number of morpholine rings is 1. The number of carbonyl (C=O) groups excluding carboxylic acids is 2. The van der Waals surface area contributed by atoms with Crippen molar-refractivity contribution in [3.63, 3.8) is 0 Å². The van der Waals surface area contributed by atoms with E-state index in [1.165, 1.54) is 12.1 Å². The van der Waals surface area contributed by atoms with Crippen LogP contribution in [0.2, 0.25) is 0 Å². The van der Waals surface area contributed by atoms with E-state index in [0.29, 0.717) is 50.6 Å². The quantitative estimate of drug-likeness (QED) is 0.662. The summed E-state index contributed by atoms with van der Waals surface area (Å²) in [7, 11) is 0. The molecule has 5 rings (SSSR count). The molecule has 2 aromatic heterocycles. The van der Waals surface area contributed by atoms with Gasteiger partial charge in [-0.2, -0.15) is 5.10 Å². The maximum atomic E-state index is 13.4. The van der Waals surface area contributed by atoms with Gasteiger partial charge in [-0.3, -0.25) is 4.79 Å². The normalized spacial score (nSPS) is 17.4.